The molecule has 2 heterocycles. The molecule has 1 saturated carbocycles. The van der Waals surface area contributed by atoms with Crippen LogP contribution in [0, 0.1) is 5.41 Å². The molecule has 6 heteroatoms. The molecular formula is C26H37NO5. The number of hydrogen-bond acceptors (Lipinski definition) is 6. The van der Waals surface area contributed by atoms with Gasteiger partial charge in [0.25, 0.3) is 0 Å². The van der Waals surface area contributed by atoms with Crippen molar-refractivity contribution in [2.75, 3.05) is 6.61 Å². The molecule has 6 nitrogen and oxygen atoms in total. The molecule has 176 valence electrons. The first-order valence-electron chi connectivity index (χ1n) is 12.0. The summed E-state index contributed by atoms with van der Waals surface area (Å²) in [6.07, 6.45) is 4.13. The highest BCUT2D eigenvalue weighted by Crippen LogP contribution is 2.50. The number of fused-ring (bicyclic) bond motifs is 2. The maximum absolute atomic E-state index is 13.2. The van der Waals surface area contributed by atoms with E-state index >= 15 is 0 Å². The van der Waals surface area contributed by atoms with Crippen LogP contribution in [0.4, 0.5) is 0 Å². The van der Waals surface area contributed by atoms with Crippen LogP contribution in [0.2, 0.25) is 0 Å². The molecule has 0 aromatic heterocycles. The van der Waals surface area contributed by atoms with Crippen LogP contribution >= 0.6 is 0 Å². The zero-order chi connectivity index (χ0) is 23.0. The summed E-state index contributed by atoms with van der Waals surface area (Å²) in [5, 5.41) is 2.06. The average Bonchev–Trinajstić information content (AvgIpc) is 2.93. The second-order valence-corrected chi connectivity index (χ2v) is 10.8. The minimum Gasteiger partial charge on any atom is -0.459 e. The van der Waals surface area contributed by atoms with E-state index < -0.39 is 17.5 Å². The molecule has 1 aromatic carbocycles. The zero-order valence-electron chi connectivity index (χ0n) is 19.9. The molecule has 2 bridgehead atoms. The SMILES string of the molecule is CC1(C)CCCC(C)(C)N1O[C@@H]1[C@H]2CCC(=O)[C@]1(CCCOCc1ccccc1)C(=O)O2. The molecule has 0 radical (unpaired) electrons. The van der Waals surface area contributed by atoms with Gasteiger partial charge >= 0.3 is 5.97 Å². The van der Waals surface area contributed by atoms with Crippen LogP contribution in [0.1, 0.15) is 78.2 Å². The van der Waals surface area contributed by atoms with Gasteiger partial charge in [0.2, 0.25) is 0 Å². The van der Waals surface area contributed by atoms with Crippen molar-refractivity contribution in [2.45, 2.75) is 103 Å². The molecule has 0 unspecified atom stereocenters. The predicted octanol–water partition coefficient (Wildman–Crippen LogP) is 4.60. The van der Waals surface area contributed by atoms with Gasteiger partial charge in [-0.2, -0.15) is 5.06 Å². The van der Waals surface area contributed by atoms with Crippen molar-refractivity contribution in [3.63, 3.8) is 0 Å². The molecule has 0 amide bonds. The lowest BCUT2D eigenvalue weighted by molar-refractivity contribution is -0.322. The molecule has 1 aliphatic carbocycles. The molecule has 3 aliphatic rings. The second kappa shape index (κ2) is 8.88. The number of ether oxygens (including phenoxy) is 2. The largest absolute Gasteiger partial charge is 0.459 e. The van der Waals surface area contributed by atoms with Crippen molar-refractivity contribution >= 4 is 11.8 Å². The van der Waals surface area contributed by atoms with Crippen molar-refractivity contribution < 1.29 is 23.9 Å². The summed E-state index contributed by atoms with van der Waals surface area (Å²) in [4.78, 5) is 32.9. The first kappa shape index (κ1) is 23.4. The van der Waals surface area contributed by atoms with E-state index in [0.29, 0.717) is 38.9 Å². The maximum atomic E-state index is 13.2. The normalized spacial score (nSPS) is 31.5. The van der Waals surface area contributed by atoms with Crippen LogP contribution in [0.5, 0.6) is 0 Å². The highest BCUT2D eigenvalue weighted by molar-refractivity contribution is 6.07. The first-order chi connectivity index (χ1) is 15.2. The third-order valence-corrected chi connectivity index (χ3v) is 7.47. The van der Waals surface area contributed by atoms with Gasteiger partial charge in [-0.25, -0.2) is 0 Å². The van der Waals surface area contributed by atoms with Gasteiger partial charge < -0.3 is 9.47 Å². The first-order valence-corrected chi connectivity index (χ1v) is 12.0. The van der Waals surface area contributed by atoms with Crippen molar-refractivity contribution in [3.8, 4) is 0 Å². The standard InChI is InChI=1S/C26H37NO5/c1-24(2)14-8-15-25(3,4)27(24)32-22-20-12-13-21(28)26(22,23(29)31-20)16-9-17-30-18-19-10-6-5-7-11-19/h5-7,10-11,20,22H,8-9,12-18H2,1-4H3/t20-,22-,26+/m1/s1. The molecule has 0 spiro atoms. The highest BCUT2D eigenvalue weighted by atomic mass is 16.7. The average molecular weight is 444 g/mol. The Kier molecular flexibility index (Phi) is 6.49. The van der Waals surface area contributed by atoms with Crippen molar-refractivity contribution in [1.82, 2.24) is 5.06 Å². The molecule has 0 N–H and O–H groups in total. The molecule has 3 fully saturated rings. The van der Waals surface area contributed by atoms with Crippen LogP contribution < -0.4 is 0 Å². The number of piperidine rings is 1. The van der Waals surface area contributed by atoms with Crippen LogP contribution in [-0.2, 0) is 30.5 Å². The van der Waals surface area contributed by atoms with Crippen molar-refractivity contribution in [3.05, 3.63) is 35.9 Å². The number of hydroxylamine groups is 2. The number of Topliss-reactive ketones (excluding diaryl/α,β-unsaturated/α-hetero) is 1. The Labute approximate surface area is 191 Å². The van der Waals surface area contributed by atoms with Crippen molar-refractivity contribution in [2.24, 2.45) is 5.41 Å². The predicted molar refractivity (Wildman–Crippen MR) is 121 cm³/mol. The summed E-state index contributed by atoms with van der Waals surface area (Å²) in [6.45, 7) is 9.70. The number of benzene rings is 1. The topological polar surface area (TPSA) is 65.1 Å². The Balaban J connectivity index is 1.47. The monoisotopic (exact) mass is 443 g/mol. The summed E-state index contributed by atoms with van der Waals surface area (Å²) in [5.41, 5.74) is -0.464. The minimum absolute atomic E-state index is 0.0445. The van der Waals surface area contributed by atoms with E-state index in [2.05, 4.69) is 32.8 Å². The molecule has 2 saturated heterocycles. The Hall–Kier alpha value is -1.76. The van der Waals surface area contributed by atoms with Gasteiger partial charge in [0.05, 0.1) is 6.61 Å². The Morgan fingerprint density at radius 2 is 1.75 bits per heavy atom. The Bertz CT molecular complexity index is 810. The third kappa shape index (κ3) is 4.25. The number of carbonyl (C=O) groups excluding carboxylic acids is 2. The fourth-order valence-corrected chi connectivity index (χ4v) is 5.85. The molecular weight excluding hydrogens is 406 g/mol. The minimum atomic E-state index is -1.22. The molecule has 32 heavy (non-hydrogen) atoms. The van der Waals surface area contributed by atoms with Crippen LogP contribution in [-0.4, -0.2) is 46.7 Å². The van der Waals surface area contributed by atoms with Gasteiger partial charge in [0.1, 0.15) is 12.2 Å². The quantitative estimate of drug-likeness (QED) is 0.332. The zero-order valence-corrected chi connectivity index (χ0v) is 19.9. The van der Waals surface area contributed by atoms with E-state index in [-0.39, 0.29) is 23.0 Å². The van der Waals surface area contributed by atoms with Crippen LogP contribution in [0.25, 0.3) is 0 Å². The second-order valence-electron chi connectivity index (χ2n) is 10.8. The Morgan fingerprint density at radius 1 is 1.06 bits per heavy atom. The van der Waals surface area contributed by atoms with E-state index in [4.69, 9.17) is 14.3 Å². The van der Waals surface area contributed by atoms with Gasteiger partial charge in [-0.3, -0.25) is 14.4 Å². The Morgan fingerprint density at radius 3 is 2.44 bits per heavy atom. The summed E-state index contributed by atoms with van der Waals surface area (Å²) in [7, 11) is 0. The van der Waals surface area contributed by atoms with E-state index in [0.717, 1.165) is 24.8 Å². The van der Waals surface area contributed by atoms with E-state index in [1.165, 1.54) is 0 Å². The fourth-order valence-electron chi connectivity index (χ4n) is 5.85. The van der Waals surface area contributed by atoms with Gasteiger partial charge in [0, 0.05) is 24.1 Å². The molecule has 1 aromatic rings. The molecule has 2 aliphatic heterocycles. The van der Waals surface area contributed by atoms with E-state index in [1.807, 2.05) is 30.3 Å². The van der Waals surface area contributed by atoms with Crippen LogP contribution in [0.15, 0.2) is 30.3 Å². The van der Waals surface area contributed by atoms with Gasteiger partial charge in [-0.05, 0) is 71.8 Å². The van der Waals surface area contributed by atoms with Crippen molar-refractivity contribution in [1.29, 1.82) is 0 Å². The number of rotatable bonds is 8. The molecule has 4 rings (SSSR count). The number of carbonyl (C=O) groups is 2. The maximum Gasteiger partial charge on any atom is 0.322 e. The number of hydrogen-bond donors (Lipinski definition) is 0. The lowest BCUT2D eigenvalue weighted by Crippen LogP contribution is -2.63. The third-order valence-electron chi connectivity index (χ3n) is 7.47. The smallest absolute Gasteiger partial charge is 0.322 e. The lowest BCUT2D eigenvalue weighted by atomic mass is 9.69. The summed E-state index contributed by atoms with van der Waals surface area (Å²) in [5.74, 6) is -0.456. The van der Waals surface area contributed by atoms with E-state index in [9.17, 15) is 9.59 Å². The highest BCUT2D eigenvalue weighted by Gasteiger charge is 2.66. The number of esters is 1. The summed E-state index contributed by atoms with van der Waals surface area (Å²) >= 11 is 0. The summed E-state index contributed by atoms with van der Waals surface area (Å²) in [6, 6.07) is 9.99. The van der Waals surface area contributed by atoms with Gasteiger partial charge in [-0.15, -0.1) is 0 Å². The van der Waals surface area contributed by atoms with Crippen LogP contribution in [0.3, 0.4) is 0 Å². The van der Waals surface area contributed by atoms with Gasteiger partial charge in [0.15, 0.2) is 11.2 Å². The fraction of sp³-hybridized carbons (Fsp3) is 0.692. The number of ketones is 1. The molecule has 3 atom stereocenters. The van der Waals surface area contributed by atoms with E-state index in [1.54, 1.807) is 0 Å². The number of nitrogens with zero attached hydrogens (tertiary/aromatic N) is 1. The summed E-state index contributed by atoms with van der Waals surface area (Å²) < 4.78 is 11.5. The van der Waals surface area contributed by atoms with Gasteiger partial charge in [-0.1, -0.05) is 30.3 Å². The lowest BCUT2D eigenvalue weighted by Gasteiger charge is -2.53.